The van der Waals surface area contributed by atoms with E-state index in [4.69, 9.17) is 16.3 Å². The Morgan fingerprint density at radius 1 is 1.24 bits per heavy atom. The molecule has 0 aliphatic carbocycles. The molecule has 0 radical (unpaired) electrons. The molecule has 0 heterocycles. The predicted octanol–water partition coefficient (Wildman–Crippen LogP) is 3.78. The monoisotopic (exact) mass is 305 g/mol. The lowest BCUT2D eigenvalue weighted by Gasteiger charge is -2.15. The van der Waals surface area contributed by atoms with Crippen LogP contribution in [0.1, 0.15) is 18.1 Å². The number of hydrogen-bond acceptors (Lipinski definition) is 3. The van der Waals surface area contributed by atoms with Gasteiger partial charge in [-0.05, 0) is 42.7 Å². The van der Waals surface area contributed by atoms with Crippen LogP contribution in [-0.2, 0) is 13.0 Å². The zero-order valence-electron chi connectivity index (χ0n) is 12.3. The second-order valence-electron chi connectivity index (χ2n) is 5.08. The standard InChI is InChI=1S/C17H20ClNO2/c1-12(9-14-5-3-4-6-15(14)18)19-11-13-7-8-16(20)17(10-13)21-2/h3-8,10,12,19-20H,9,11H2,1-2H3. The smallest absolute Gasteiger partial charge is 0.160 e. The lowest BCUT2D eigenvalue weighted by Crippen LogP contribution is -2.27. The summed E-state index contributed by atoms with van der Waals surface area (Å²) in [6, 6.07) is 13.6. The number of nitrogens with one attached hydrogen (secondary N) is 1. The number of phenolic OH excluding ortho intramolecular Hbond substituents is 1. The molecule has 0 saturated carbocycles. The van der Waals surface area contributed by atoms with Crippen molar-refractivity contribution in [1.29, 1.82) is 0 Å². The number of ether oxygens (including phenoxy) is 1. The molecule has 2 N–H and O–H groups in total. The first-order valence-corrected chi connectivity index (χ1v) is 7.30. The van der Waals surface area contributed by atoms with E-state index in [9.17, 15) is 5.11 Å². The molecule has 0 saturated heterocycles. The van der Waals surface area contributed by atoms with Crippen LogP contribution in [0, 0.1) is 0 Å². The molecule has 0 aliphatic rings. The SMILES string of the molecule is COc1cc(CNC(C)Cc2ccccc2Cl)ccc1O. The van der Waals surface area contributed by atoms with Crippen LogP contribution in [0.5, 0.6) is 11.5 Å². The van der Waals surface area contributed by atoms with Gasteiger partial charge in [-0.1, -0.05) is 35.9 Å². The summed E-state index contributed by atoms with van der Waals surface area (Å²) in [6.45, 7) is 2.84. The molecule has 0 fully saturated rings. The number of hydrogen-bond donors (Lipinski definition) is 2. The third kappa shape index (κ3) is 4.38. The fraction of sp³-hybridized carbons (Fsp3) is 0.294. The minimum atomic E-state index is 0.158. The van der Waals surface area contributed by atoms with E-state index in [-0.39, 0.29) is 5.75 Å². The van der Waals surface area contributed by atoms with Crippen LogP contribution in [0.15, 0.2) is 42.5 Å². The summed E-state index contributed by atoms with van der Waals surface area (Å²) in [5.74, 6) is 0.651. The molecule has 0 amide bonds. The Kier molecular flexibility index (Phi) is 5.48. The van der Waals surface area contributed by atoms with Gasteiger partial charge in [-0.2, -0.15) is 0 Å². The van der Waals surface area contributed by atoms with Crippen LogP contribution in [0.4, 0.5) is 0 Å². The fourth-order valence-corrected chi connectivity index (χ4v) is 2.40. The van der Waals surface area contributed by atoms with Crippen molar-refractivity contribution in [3.05, 3.63) is 58.6 Å². The molecule has 2 rings (SSSR count). The normalized spacial score (nSPS) is 12.1. The van der Waals surface area contributed by atoms with E-state index < -0.39 is 0 Å². The van der Waals surface area contributed by atoms with Gasteiger partial charge in [0.15, 0.2) is 11.5 Å². The van der Waals surface area contributed by atoms with Crippen LogP contribution in [0.2, 0.25) is 5.02 Å². The topological polar surface area (TPSA) is 41.5 Å². The van der Waals surface area contributed by atoms with Crippen LogP contribution in [0.3, 0.4) is 0 Å². The minimum absolute atomic E-state index is 0.158. The molecule has 21 heavy (non-hydrogen) atoms. The minimum Gasteiger partial charge on any atom is -0.504 e. The lowest BCUT2D eigenvalue weighted by molar-refractivity contribution is 0.372. The molecule has 0 aromatic heterocycles. The Balaban J connectivity index is 1.92. The fourth-order valence-electron chi connectivity index (χ4n) is 2.19. The van der Waals surface area contributed by atoms with E-state index in [2.05, 4.69) is 12.2 Å². The van der Waals surface area contributed by atoms with Gasteiger partial charge < -0.3 is 15.2 Å². The maximum Gasteiger partial charge on any atom is 0.160 e. The molecule has 2 aromatic carbocycles. The van der Waals surface area contributed by atoms with Gasteiger partial charge in [-0.25, -0.2) is 0 Å². The first-order valence-electron chi connectivity index (χ1n) is 6.93. The van der Waals surface area contributed by atoms with Crippen LogP contribution in [0.25, 0.3) is 0 Å². The molecular weight excluding hydrogens is 286 g/mol. The zero-order chi connectivity index (χ0) is 15.2. The van der Waals surface area contributed by atoms with E-state index in [1.165, 1.54) is 0 Å². The summed E-state index contributed by atoms with van der Waals surface area (Å²) in [7, 11) is 1.55. The third-order valence-electron chi connectivity index (χ3n) is 3.38. The van der Waals surface area contributed by atoms with Gasteiger partial charge in [0.1, 0.15) is 0 Å². The van der Waals surface area contributed by atoms with Gasteiger partial charge in [0.05, 0.1) is 7.11 Å². The lowest BCUT2D eigenvalue weighted by atomic mass is 10.1. The van der Waals surface area contributed by atoms with E-state index in [0.717, 1.165) is 22.6 Å². The van der Waals surface area contributed by atoms with Crippen molar-refractivity contribution in [2.75, 3.05) is 7.11 Å². The Labute approximate surface area is 130 Å². The van der Waals surface area contributed by atoms with Crippen LogP contribution < -0.4 is 10.1 Å². The molecule has 112 valence electrons. The average molecular weight is 306 g/mol. The van der Waals surface area contributed by atoms with Crippen molar-refractivity contribution < 1.29 is 9.84 Å². The van der Waals surface area contributed by atoms with Crippen LogP contribution in [-0.4, -0.2) is 18.3 Å². The van der Waals surface area contributed by atoms with Crippen molar-refractivity contribution in [2.24, 2.45) is 0 Å². The zero-order valence-corrected chi connectivity index (χ0v) is 13.0. The van der Waals surface area contributed by atoms with Crippen molar-refractivity contribution in [3.8, 4) is 11.5 Å². The molecular formula is C17H20ClNO2. The molecule has 2 aromatic rings. The van der Waals surface area contributed by atoms with Gasteiger partial charge in [-0.3, -0.25) is 0 Å². The summed E-state index contributed by atoms with van der Waals surface area (Å²) in [5.41, 5.74) is 2.21. The third-order valence-corrected chi connectivity index (χ3v) is 3.75. The second-order valence-corrected chi connectivity index (χ2v) is 5.49. The summed E-state index contributed by atoms with van der Waals surface area (Å²) < 4.78 is 5.11. The molecule has 4 heteroatoms. The number of methoxy groups -OCH3 is 1. The highest BCUT2D eigenvalue weighted by molar-refractivity contribution is 6.31. The molecule has 0 bridgehead atoms. The summed E-state index contributed by atoms with van der Waals surface area (Å²) >= 11 is 6.17. The average Bonchev–Trinajstić information content (AvgIpc) is 2.49. The summed E-state index contributed by atoms with van der Waals surface area (Å²) in [5, 5.41) is 13.8. The quantitative estimate of drug-likeness (QED) is 0.853. The first-order chi connectivity index (χ1) is 10.1. The van der Waals surface area contributed by atoms with Crippen molar-refractivity contribution in [1.82, 2.24) is 5.32 Å². The van der Waals surface area contributed by atoms with Gasteiger partial charge in [-0.15, -0.1) is 0 Å². The summed E-state index contributed by atoms with van der Waals surface area (Å²) in [6.07, 6.45) is 0.870. The van der Waals surface area contributed by atoms with E-state index in [0.29, 0.717) is 18.3 Å². The Morgan fingerprint density at radius 2 is 2.00 bits per heavy atom. The predicted molar refractivity (Wildman–Crippen MR) is 86.1 cm³/mol. The molecule has 0 spiro atoms. The first kappa shape index (κ1) is 15.7. The highest BCUT2D eigenvalue weighted by Crippen LogP contribution is 2.26. The van der Waals surface area contributed by atoms with Gasteiger partial charge in [0.2, 0.25) is 0 Å². The number of benzene rings is 2. The van der Waals surface area contributed by atoms with E-state index in [1.807, 2.05) is 36.4 Å². The van der Waals surface area contributed by atoms with E-state index in [1.54, 1.807) is 13.2 Å². The second kappa shape index (κ2) is 7.34. The molecule has 0 aliphatic heterocycles. The Morgan fingerprint density at radius 3 is 2.71 bits per heavy atom. The van der Waals surface area contributed by atoms with Crippen molar-refractivity contribution in [3.63, 3.8) is 0 Å². The van der Waals surface area contributed by atoms with Crippen molar-refractivity contribution >= 4 is 11.6 Å². The Bertz CT molecular complexity index is 601. The highest BCUT2D eigenvalue weighted by Gasteiger charge is 2.07. The number of rotatable bonds is 6. The maximum atomic E-state index is 9.58. The van der Waals surface area contributed by atoms with Crippen molar-refractivity contribution in [2.45, 2.75) is 25.9 Å². The van der Waals surface area contributed by atoms with Gasteiger partial charge in [0.25, 0.3) is 0 Å². The number of phenols is 1. The van der Waals surface area contributed by atoms with Gasteiger partial charge in [0, 0.05) is 17.6 Å². The largest absolute Gasteiger partial charge is 0.504 e. The van der Waals surface area contributed by atoms with Crippen LogP contribution >= 0.6 is 11.6 Å². The molecule has 1 atom stereocenters. The van der Waals surface area contributed by atoms with Gasteiger partial charge >= 0.3 is 0 Å². The van der Waals surface area contributed by atoms with E-state index >= 15 is 0 Å². The summed E-state index contributed by atoms with van der Waals surface area (Å²) in [4.78, 5) is 0. The Hall–Kier alpha value is -1.71. The number of aromatic hydroxyl groups is 1. The maximum absolute atomic E-state index is 9.58. The molecule has 3 nitrogen and oxygen atoms in total. The highest BCUT2D eigenvalue weighted by atomic mass is 35.5. The molecule has 1 unspecified atom stereocenters. The number of halogens is 1.